The van der Waals surface area contributed by atoms with Gasteiger partial charge in [-0.2, -0.15) is 0 Å². The van der Waals surface area contributed by atoms with E-state index in [-0.39, 0.29) is 18.3 Å². The fourth-order valence-corrected chi connectivity index (χ4v) is 2.20. The van der Waals surface area contributed by atoms with E-state index in [4.69, 9.17) is 5.73 Å². The number of halogens is 1. The van der Waals surface area contributed by atoms with Crippen LogP contribution in [0.1, 0.15) is 11.1 Å². The molecule has 0 fully saturated rings. The molecule has 24 heavy (non-hydrogen) atoms. The average molecular weight is 326 g/mol. The van der Waals surface area contributed by atoms with Gasteiger partial charge in [0.25, 0.3) is 0 Å². The van der Waals surface area contributed by atoms with Gasteiger partial charge in [-0.1, -0.05) is 42.5 Å². The molecule has 0 spiro atoms. The number of hydrogen-bond acceptors (Lipinski definition) is 2. The molecule has 0 aliphatic heterocycles. The molecule has 2 aromatic carbocycles. The molecule has 5 heteroatoms. The van der Waals surface area contributed by atoms with Gasteiger partial charge >= 0.3 is 0 Å². The van der Waals surface area contributed by atoms with Crippen molar-refractivity contribution in [1.82, 2.24) is 5.32 Å². The zero-order valence-corrected chi connectivity index (χ0v) is 13.1. The minimum atomic E-state index is -0.551. The van der Waals surface area contributed by atoms with Crippen LogP contribution >= 0.6 is 0 Å². The topological polar surface area (TPSA) is 72.2 Å². The highest BCUT2D eigenvalue weighted by molar-refractivity contribution is 5.92. The fourth-order valence-electron chi connectivity index (χ4n) is 2.20. The minimum Gasteiger partial charge on any atom is -0.369 e. The lowest BCUT2D eigenvalue weighted by Gasteiger charge is -2.13. The third kappa shape index (κ3) is 5.68. The zero-order chi connectivity index (χ0) is 17.4. The molecular formula is C19H19FN2O2. The first-order valence-electron chi connectivity index (χ1n) is 7.59. The van der Waals surface area contributed by atoms with E-state index in [1.54, 1.807) is 18.2 Å². The Kier molecular flexibility index (Phi) is 6.25. The molecule has 0 bridgehead atoms. The van der Waals surface area contributed by atoms with Gasteiger partial charge in [-0.15, -0.1) is 0 Å². The summed E-state index contributed by atoms with van der Waals surface area (Å²) in [6, 6.07) is 15.3. The Bertz CT molecular complexity index is 712. The molecule has 0 heterocycles. The van der Waals surface area contributed by atoms with Gasteiger partial charge in [0.1, 0.15) is 5.82 Å². The van der Waals surface area contributed by atoms with Crippen LogP contribution in [-0.2, 0) is 16.0 Å². The number of carbonyl (C=O) groups is 2. The average Bonchev–Trinajstić information content (AvgIpc) is 2.59. The maximum Gasteiger partial charge on any atom is 0.244 e. The monoisotopic (exact) mass is 326 g/mol. The van der Waals surface area contributed by atoms with E-state index in [0.717, 1.165) is 11.1 Å². The molecule has 0 aromatic heterocycles. The maximum absolute atomic E-state index is 12.9. The molecule has 1 atom stereocenters. The third-order valence-electron chi connectivity index (χ3n) is 3.55. The summed E-state index contributed by atoms with van der Waals surface area (Å²) < 4.78 is 12.9. The van der Waals surface area contributed by atoms with E-state index in [1.807, 2.05) is 30.3 Å². The smallest absolute Gasteiger partial charge is 0.244 e. The molecule has 3 N–H and O–H groups in total. The zero-order valence-electron chi connectivity index (χ0n) is 13.1. The summed E-state index contributed by atoms with van der Waals surface area (Å²) in [5, 5.41) is 2.67. The normalized spacial score (nSPS) is 12.0. The van der Waals surface area contributed by atoms with Gasteiger partial charge in [0.15, 0.2) is 0 Å². The summed E-state index contributed by atoms with van der Waals surface area (Å²) in [5.74, 6) is -1.70. The number of rotatable bonds is 7. The van der Waals surface area contributed by atoms with Gasteiger partial charge in [-0.3, -0.25) is 9.59 Å². The van der Waals surface area contributed by atoms with E-state index in [1.165, 1.54) is 18.2 Å². The van der Waals surface area contributed by atoms with Crippen molar-refractivity contribution in [3.05, 3.63) is 77.6 Å². The van der Waals surface area contributed by atoms with E-state index in [0.29, 0.717) is 6.42 Å². The third-order valence-corrected chi connectivity index (χ3v) is 3.55. The lowest BCUT2D eigenvalue weighted by molar-refractivity contribution is -0.122. The lowest BCUT2D eigenvalue weighted by Crippen LogP contribution is -2.36. The molecule has 0 aliphatic rings. The van der Waals surface area contributed by atoms with Crippen molar-refractivity contribution in [1.29, 1.82) is 0 Å². The van der Waals surface area contributed by atoms with Crippen LogP contribution in [-0.4, -0.2) is 18.4 Å². The van der Waals surface area contributed by atoms with Crippen LogP contribution in [0.4, 0.5) is 4.39 Å². The van der Waals surface area contributed by atoms with Crippen LogP contribution < -0.4 is 11.1 Å². The molecule has 4 nitrogen and oxygen atoms in total. The standard InChI is InChI=1S/C19H19FN2O2/c20-17-9-6-15(7-10-17)12-16(19(21)24)13-22-18(23)11-8-14-4-2-1-3-5-14/h1-11,16H,12-13H2,(H2,21,24)(H,22,23). The van der Waals surface area contributed by atoms with Crippen LogP contribution in [0.25, 0.3) is 6.08 Å². The quantitative estimate of drug-likeness (QED) is 0.766. The van der Waals surface area contributed by atoms with Crippen molar-refractivity contribution >= 4 is 17.9 Å². The van der Waals surface area contributed by atoms with Crippen molar-refractivity contribution in [2.24, 2.45) is 11.7 Å². The predicted octanol–water partition coefficient (Wildman–Crippen LogP) is 2.30. The van der Waals surface area contributed by atoms with Crippen molar-refractivity contribution in [3.8, 4) is 0 Å². The van der Waals surface area contributed by atoms with Gasteiger partial charge in [-0.05, 0) is 35.8 Å². The van der Waals surface area contributed by atoms with E-state index in [2.05, 4.69) is 5.32 Å². The van der Waals surface area contributed by atoms with Crippen molar-refractivity contribution in [2.75, 3.05) is 6.54 Å². The Morgan fingerprint density at radius 1 is 1.08 bits per heavy atom. The second kappa shape index (κ2) is 8.62. The van der Waals surface area contributed by atoms with Gasteiger partial charge < -0.3 is 11.1 Å². The first-order chi connectivity index (χ1) is 11.5. The second-order valence-corrected chi connectivity index (χ2v) is 5.42. The summed E-state index contributed by atoms with van der Waals surface area (Å²) in [5.41, 5.74) is 7.08. The van der Waals surface area contributed by atoms with Crippen molar-refractivity contribution in [2.45, 2.75) is 6.42 Å². The molecule has 2 rings (SSSR count). The highest BCUT2D eigenvalue weighted by Gasteiger charge is 2.16. The molecule has 124 valence electrons. The summed E-state index contributed by atoms with van der Waals surface area (Å²) >= 11 is 0. The molecule has 0 aliphatic carbocycles. The van der Waals surface area contributed by atoms with Crippen molar-refractivity contribution < 1.29 is 14.0 Å². The van der Waals surface area contributed by atoms with E-state index in [9.17, 15) is 14.0 Å². The van der Waals surface area contributed by atoms with Gasteiger partial charge in [-0.25, -0.2) is 4.39 Å². The molecule has 0 saturated heterocycles. The van der Waals surface area contributed by atoms with E-state index < -0.39 is 11.8 Å². The van der Waals surface area contributed by atoms with Crippen LogP contribution in [0, 0.1) is 11.7 Å². The summed E-state index contributed by atoms with van der Waals surface area (Å²) in [4.78, 5) is 23.4. The number of carbonyl (C=O) groups excluding carboxylic acids is 2. The highest BCUT2D eigenvalue weighted by Crippen LogP contribution is 2.09. The fraction of sp³-hybridized carbons (Fsp3) is 0.158. The largest absolute Gasteiger partial charge is 0.369 e. The summed E-state index contributed by atoms with van der Waals surface area (Å²) in [7, 11) is 0. The molecule has 0 saturated carbocycles. The van der Waals surface area contributed by atoms with Crippen LogP contribution in [0.15, 0.2) is 60.7 Å². The Morgan fingerprint density at radius 2 is 1.75 bits per heavy atom. The predicted molar refractivity (Wildman–Crippen MR) is 91.3 cm³/mol. The first-order valence-corrected chi connectivity index (χ1v) is 7.59. The Labute approximate surface area is 140 Å². The van der Waals surface area contributed by atoms with E-state index >= 15 is 0 Å². The van der Waals surface area contributed by atoms with Gasteiger partial charge in [0, 0.05) is 12.6 Å². The highest BCUT2D eigenvalue weighted by atomic mass is 19.1. The molecule has 2 amide bonds. The number of hydrogen-bond donors (Lipinski definition) is 2. The van der Waals surface area contributed by atoms with Crippen LogP contribution in [0.5, 0.6) is 0 Å². The lowest BCUT2D eigenvalue weighted by atomic mass is 9.98. The minimum absolute atomic E-state index is 0.130. The maximum atomic E-state index is 12.9. The second-order valence-electron chi connectivity index (χ2n) is 5.42. The molecule has 0 radical (unpaired) electrons. The number of primary amides is 1. The molecule has 1 unspecified atom stereocenters. The molecule has 2 aromatic rings. The van der Waals surface area contributed by atoms with Gasteiger partial charge in [0.05, 0.1) is 5.92 Å². The number of benzene rings is 2. The number of nitrogens with one attached hydrogen (secondary N) is 1. The Hall–Kier alpha value is -2.95. The van der Waals surface area contributed by atoms with Crippen LogP contribution in [0.2, 0.25) is 0 Å². The Morgan fingerprint density at radius 3 is 2.38 bits per heavy atom. The van der Waals surface area contributed by atoms with Crippen molar-refractivity contribution in [3.63, 3.8) is 0 Å². The number of nitrogens with two attached hydrogens (primary N) is 1. The Balaban J connectivity index is 1.89. The summed E-state index contributed by atoms with van der Waals surface area (Å²) in [6.45, 7) is 0.130. The van der Waals surface area contributed by atoms with Crippen LogP contribution in [0.3, 0.4) is 0 Å². The van der Waals surface area contributed by atoms with Gasteiger partial charge in [0.2, 0.25) is 11.8 Å². The summed E-state index contributed by atoms with van der Waals surface area (Å²) in [6.07, 6.45) is 3.44. The molecular weight excluding hydrogens is 307 g/mol. The number of amides is 2. The SMILES string of the molecule is NC(=O)C(CNC(=O)C=Cc1ccccc1)Cc1ccc(F)cc1. The first kappa shape index (κ1) is 17.4.